The summed E-state index contributed by atoms with van der Waals surface area (Å²) in [6.45, 7) is 6.00. The number of esters is 1. The van der Waals surface area contributed by atoms with Crippen LogP contribution in [0.2, 0.25) is 0 Å². The first-order valence-electron chi connectivity index (χ1n) is 8.06. The lowest BCUT2D eigenvalue weighted by molar-refractivity contribution is -0.137. The molecule has 1 unspecified atom stereocenters. The average molecular weight is 381 g/mol. The van der Waals surface area contributed by atoms with Crippen molar-refractivity contribution in [2.45, 2.75) is 40.0 Å². The molecule has 144 valence electrons. The van der Waals surface area contributed by atoms with Gasteiger partial charge in [-0.1, -0.05) is 0 Å². The largest absolute Gasteiger partial charge is 0.451 e. The van der Waals surface area contributed by atoms with Crippen LogP contribution in [0.25, 0.3) is 0 Å². The number of H-pyrrole nitrogens is 1. The normalized spacial score (nSPS) is 12.6. The Labute approximate surface area is 153 Å². The number of Topliss-reactive ketones (excluding diaryl/α,β-unsaturated/α-hetero) is 2. The van der Waals surface area contributed by atoms with E-state index in [1.807, 2.05) is 0 Å². The number of aromatic amines is 1. The zero-order valence-electron chi connectivity index (χ0n) is 15.2. The predicted octanol–water partition coefficient (Wildman–Crippen LogP) is 4.28. The summed E-state index contributed by atoms with van der Waals surface area (Å²) in [6, 6.07) is 3.50. The van der Waals surface area contributed by atoms with E-state index >= 15 is 0 Å². The number of halogens is 3. The van der Waals surface area contributed by atoms with Gasteiger partial charge in [0, 0.05) is 11.3 Å². The second-order valence-electron chi connectivity index (χ2n) is 6.17. The summed E-state index contributed by atoms with van der Waals surface area (Å²) < 4.78 is 42.8. The van der Waals surface area contributed by atoms with E-state index in [1.54, 1.807) is 13.8 Å². The van der Waals surface area contributed by atoms with Crippen LogP contribution < -0.4 is 0 Å². The average Bonchev–Trinajstić information content (AvgIpc) is 2.87. The molecular weight excluding hydrogens is 363 g/mol. The SMILES string of the molecule is CC(=O)c1c(C)[nH]c(C(=O)C(C)OC(=O)c2ccc(C(F)(F)F)cc2)c1C. The molecule has 0 aliphatic carbocycles. The molecule has 1 atom stereocenters. The molecule has 5 nitrogen and oxygen atoms in total. The Balaban J connectivity index is 2.16. The molecule has 1 aromatic heterocycles. The minimum Gasteiger partial charge on any atom is -0.451 e. The van der Waals surface area contributed by atoms with E-state index in [2.05, 4.69) is 4.98 Å². The topological polar surface area (TPSA) is 76.2 Å². The van der Waals surface area contributed by atoms with Crippen molar-refractivity contribution in [3.8, 4) is 0 Å². The van der Waals surface area contributed by atoms with Crippen LogP contribution in [-0.4, -0.2) is 28.6 Å². The first-order chi connectivity index (χ1) is 12.4. The molecule has 0 aliphatic rings. The fourth-order valence-corrected chi connectivity index (χ4v) is 2.81. The van der Waals surface area contributed by atoms with Crippen molar-refractivity contribution >= 4 is 17.5 Å². The lowest BCUT2D eigenvalue weighted by Gasteiger charge is -2.13. The third-order valence-electron chi connectivity index (χ3n) is 4.14. The molecule has 0 bridgehead atoms. The van der Waals surface area contributed by atoms with Gasteiger partial charge in [0.15, 0.2) is 11.9 Å². The van der Waals surface area contributed by atoms with Crippen LogP contribution in [0.1, 0.15) is 61.9 Å². The zero-order valence-corrected chi connectivity index (χ0v) is 15.2. The number of ketones is 2. The fraction of sp³-hybridized carbons (Fsp3) is 0.316. The van der Waals surface area contributed by atoms with Crippen LogP contribution in [0.15, 0.2) is 24.3 Å². The van der Waals surface area contributed by atoms with Crippen molar-refractivity contribution < 1.29 is 32.3 Å². The second kappa shape index (κ2) is 7.38. The number of carbonyl (C=O) groups is 3. The molecule has 0 radical (unpaired) electrons. The first-order valence-corrected chi connectivity index (χ1v) is 8.06. The van der Waals surface area contributed by atoms with Gasteiger partial charge in [0.1, 0.15) is 0 Å². The molecule has 8 heteroatoms. The van der Waals surface area contributed by atoms with Gasteiger partial charge in [-0.25, -0.2) is 4.79 Å². The molecule has 0 saturated carbocycles. The number of aromatic nitrogens is 1. The highest BCUT2D eigenvalue weighted by atomic mass is 19.4. The van der Waals surface area contributed by atoms with E-state index in [1.165, 1.54) is 13.8 Å². The van der Waals surface area contributed by atoms with Gasteiger partial charge in [0.05, 0.1) is 16.8 Å². The molecule has 1 N–H and O–H groups in total. The summed E-state index contributed by atoms with van der Waals surface area (Å²) in [7, 11) is 0. The van der Waals surface area contributed by atoms with Crippen molar-refractivity contribution in [3.63, 3.8) is 0 Å². The third kappa shape index (κ3) is 4.27. The molecule has 0 fully saturated rings. The van der Waals surface area contributed by atoms with Gasteiger partial charge in [-0.3, -0.25) is 9.59 Å². The van der Waals surface area contributed by atoms with Gasteiger partial charge in [-0.05, 0) is 57.5 Å². The van der Waals surface area contributed by atoms with E-state index < -0.39 is 29.6 Å². The highest BCUT2D eigenvalue weighted by Crippen LogP contribution is 2.29. The minimum absolute atomic E-state index is 0.105. The van der Waals surface area contributed by atoms with Crippen molar-refractivity contribution in [1.82, 2.24) is 4.98 Å². The standard InChI is InChI=1S/C19H18F3NO4/c1-9-15(11(3)24)10(2)23-16(9)17(25)12(4)27-18(26)13-5-7-14(8-6-13)19(20,21)22/h5-8,12,23H,1-4H3. The minimum atomic E-state index is -4.51. The summed E-state index contributed by atoms with van der Waals surface area (Å²) in [6.07, 6.45) is -5.69. The van der Waals surface area contributed by atoms with Crippen LogP contribution in [0, 0.1) is 13.8 Å². The maximum atomic E-state index is 12.6. The fourth-order valence-electron chi connectivity index (χ4n) is 2.81. The van der Waals surface area contributed by atoms with Crippen LogP contribution in [0.5, 0.6) is 0 Å². The van der Waals surface area contributed by atoms with Gasteiger partial charge < -0.3 is 9.72 Å². The van der Waals surface area contributed by atoms with E-state index in [4.69, 9.17) is 4.74 Å². The molecule has 2 aromatic rings. The number of rotatable bonds is 5. The number of hydrogen-bond donors (Lipinski definition) is 1. The number of benzene rings is 1. The Morgan fingerprint density at radius 1 is 1.07 bits per heavy atom. The van der Waals surface area contributed by atoms with Gasteiger partial charge in [0.25, 0.3) is 0 Å². The van der Waals surface area contributed by atoms with Gasteiger partial charge in [-0.2, -0.15) is 13.2 Å². The molecule has 0 aliphatic heterocycles. The van der Waals surface area contributed by atoms with Crippen LogP contribution in [0.3, 0.4) is 0 Å². The Bertz CT molecular complexity index is 895. The van der Waals surface area contributed by atoms with Crippen molar-refractivity contribution in [1.29, 1.82) is 0 Å². The lowest BCUT2D eigenvalue weighted by atomic mass is 10.0. The highest BCUT2D eigenvalue weighted by Gasteiger charge is 2.31. The monoisotopic (exact) mass is 381 g/mol. The molecule has 27 heavy (non-hydrogen) atoms. The number of carbonyl (C=O) groups excluding carboxylic acids is 3. The Morgan fingerprint density at radius 2 is 1.63 bits per heavy atom. The molecule has 1 aromatic carbocycles. The quantitative estimate of drug-likeness (QED) is 0.620. The zero-order chi connectivity index (χ0) is 20.5. The van der Waals surface area contributed by atoms with Crippen LogP contribution >= 0.6 is 0 Å². The molecule has 2 rings (SSSR count). The summed E-state index contributed by atoms with van der Waals surface area (Å²) >= 11 is 0. The maximum absolute atomic E-state index is 12.6. The molecule has 0 amide bonds. The molecule has 0 saturated heterocycles. The van der Waals surface area contributed by atoms with Gasteiger partial charge in [0.2, 0.25) is 5.78 Å². The molecular formula is C19H18F3NO4. The van der Waals surface area contributed by atoms with Crippen molar-refractivity contribution in [2.24, 2.45) is 0 Å². The highest BCUT2D eigenvalue weighted by molar-refractivity contribution is 6.05. The summed E-state index contributed by atoms with van der Waals surface area (Å²) in [5.74, 6) is -1.66. The second-order valence-corrected chi connectivity index (χ2v) is 6.17. The number of nitrogens with one attached hydrogen (secondary N) is 1. The molecule has 0 spiro atoms. The Hall–Kier alpha value is -2.90. The lowest BCUT2D eigenvalue weighted by Crippen LogP contribution is -2.25. The van der Waals surface area contributed by atoms with Crippen molar-refractivity contribution in [3.05, 3.63) is 57.9 Å². The van der Waals surface area contributed by atoms with Crippen molar-refractivity contribution in [2.75, 3.05) is 0 Å². The summed E-state index contributed by atoms with van der Waals surface area (Å²) in [5, 5.41) is 0. The smallest absolute Gasteiger partial charge is 0.416 e. The number of alkyl halides is 3. The maximum Gasteiger partial charge on any atom is 0.416 e. The third-order valence-corrected chi connectivity index (χ3v) is 4.14. The summed E-state index contributed by atoms with van der Waals surface area (Å²) in [5.41, 5.74) is 0.556. The van der Waals surface area contributed by atoms with Crippen LogP contribution in [-0.2, 0) is 10.9 Å². The summed E-state index contributed by atoms with van der Waals surface area (Å²) in [4.78, 5) is 39.1. The van der Waals surface area contributed by atoms with E-state index in [-0.39, 0.29) is 17.0 Å². The van der Waals surface area contributed by atoms with E-state index in [0.29, 0.717) is 16.8 Å². The Morgan fingerprint density at radius 3 is 2.07 bits per heavy atom. The van der Waals surface area contributed by atoms with Gasteiger partial charge in [-0.15, -0.1) is 0 Å². The van der Waals surface area contributed by atoms with Gasteiger partial charge >= 0.3 is 12.1 Å². The number of hydrogen-bond acceptors (Lipinski definition) is 4. The van der Waals surface area contributed by atoms with Crippen LogP contribution in [0.4, 0.5) is 13.2 Å². The first kappa shape index (κ1) is 20.4. The van der Waals surface area contributed by atoms with E-state index in [9.17, 15) is 27.6 Å². The van der Waals surface area contributed by atoms with E-state index in [0.717, 1.165) is 24.3 Å². The number of ether oxygens (including phenoxy) is 1. The number of aryl methyl sites for hydroxylation is 1. The Kier molecular flexibility index (Phi) is 5.58. The predicted molar refractivity (Wildman–Crippen MR) is 90.9 cm³/mol. The molecule has 1 heterocycles.